The molecule has 1 aliphatic carbocycles. The van der Waals surface area contributed by atoms with Crippen LogP contribution in [0.3, 0.4) is 0 Å². The zero-order valence-electron chi connectivity index (χ0n) is 19.8. The molecule has 2 unspecified atom stereocenters. The number of nitrogens with zero attached hydrogens (tertiary/aromatic N) is 2. The summed E-state index contributed by atoms with van der Waals surface area (Å²) >= 11 is 0. The van der Waals surface area contributed by atoms with Crippen LogP contribution in [0.5, 0.6) is 0 Å². The average molecular weight is 447 g/mol. The van der Waals surface area contributed by atoms with E-state index in [2.05, 4.69) is 28.9 Å². The highest BCUT2D eigenvalue weighted by Crippen LogP contribution is 2.36. The van der Waals surface area contributed by atoms with Crippen molar-refractivity contribution in [2.45, 2.75) is 65.2 Å². The summed E-state index contributed by atoms with van der Waals surface area (Å²) < 4.78 is 0. The van der Waals surface area contributed by atoms with Gasteiger partial charge in [0.1, 0.15) is 11.6 Å². The van der Waals surface area contributed by atoms with E-state index in [4.69, 9.17) is 0 Å². The number of benzene rings is 1. The van der Waals surface area contributed by atoms with Crippen LogP contribution in [0.15, 0.2) is 52.3 Å². The van der Waals surface area contributed by atoms with Gasteiger partial charge < -0.3 is 4.90 Å². The molecule has 174 valence electrons. The fraction of sp³-hybridized carbons (Fsp3) is 0.500. The Bertz CT molecular complexity index is 1030. The first-order valence-corrected chi connectivity index (χ1v) is 12.4. The van der Waals surface area contributed by atoms with Crippen LogP contribution in [0.25, 0.3) is 0 Å². The molecule has 5 nitrogen and oxygen atoms in total. The number of aliphatic imine (C=N–C) groups is 1. The topological polar surface area (TPSA) is 66.8 Å². The van der Waals surface area contributed by atoms with E-state index in [0.717, 1.165) is 61.3 Å². The lowest BCUT2D eigenvalue weighted by Gasteiger charge is -2.34. The van der Waals surface area contributed by atoms with Crippen molar-refractivity contribution >= 4 is 23.6 Å². The second-order valence-corrected chi connectivity index (χ2v) is 9.52. The maximum atomic E-state index is 13.2. The molecule has 0 N–H and O–H groups in total. The monoisotopic (exact) mass is 446 g/mol. The zero-order chi connectivity index (χ0) is 23.4. The third-order valence-electron chi connectivity index (χ3n) is 7.03. The van der Waals surface area contributed by atoms with Gasteiger partial charge in [-0.25, -0.2) is 0 Å². The third-order valence-corrected chi connectivity index (χ3v) is 7.03. The number of ketones is 3. The van der Waals surface area contributed by atoms with Gasteiger partial charge in [0, 0.05) is 62.2 Å². The van der Waals surface area contributed by atoms with Crippen molar-refractivity contribution in [1.29, 1.82) is 0 Å². The van der Waals surface area contributed by atoms with Crippen LogP contribution in [0.2, 0.25) is 0 Å². The molecule has 2 heterocycles. The fourth-order valence-corrected chi connectivity index (χ4v) is 5.16. The molecule has 1 aromatic rings. The van der Waals surface area contributed by atoms with Gasteiger partial charge in [-0.15, -0.1) is 0 Å². The molecular formula is C28H34N2O3. The molecule has 0 bridgehead atoms. The lowest BCUT2D eigenvalue weighted by atomic mass is 9.88. The lowest BCUT2D eigenvalue weighted by Crippen LogP contribution is -2.38. The molecule has 0 saturated carbocycles. The van der Waals surface area contributed by atoms with Gasteiger partial charge in [-0.1, -0.05) is 38.1 Å². The van der Waals surface area contributed by atoms with Gasteiger partial charge in [-0.05, 0) is 42.9 Å². The zero-order valence-corrected chi connectivity index (χ0v) is 19.8. The predicted molar refractivity (Wildman–Crippen MR) is 130 cm³/mol. The second-order valence-electron chi connectivity index (χ2n) is 9.52. The van der Waals surface area contributed by atoms with Gasteiger partial charge in [0.05, 0.1) is 11.6 Å². The Morgan fingerprint density at radius 1 is 1.18 bits per heavy atom. The molecule has 0 radical (unpaired) electrons. The van der Waals surface area contributed by atoms with Crippen LogP contribution in [0.4, 0.5) is 0 Å². The number of hydrogen-bond donors (Lipinski definition) is 0. The minimum absolute atomic E-state index is 0.0255. The first kappa shape index (κ1) is 23.3. The van der Waals surface area contributed by atoms with Crippen LogP contribution in [0.1, 0.15) is 63.5 Å². The van der Waals surface area contributed by atoms with Crippen molar-refractivity contribution in [3.63, 3.8) is 0 Å². The smallest absolute Gasteiger partial charge is 0.170 e. The highest BCUT2D eigenvalue weighted by atomic mass is 16.1. The van der Waals surface area contributed by atoms with Crippen molar-refractivity contribution in [3.8, 4) is 0 Å². The summed E-state index contributed by atoms with van der Waals surface area (Å²) in [5.41, 5.74) is 4.76. The molecule has 33 heavy (non-hydrogen) atoms. The number of carbonyl (C=O) groups is 3. The van der Waals surface area contributed by atoms with E-state index in [1.54, 1.807) is 6.21 Å². The van der Waals surface area contributed by atoms with E-state index in [1.807, 2.05) is 25.1 Å². The summed E-state index contributed by atoms with van der Waals surface area (Å²) in [5.74, 6) is 0.0661. The highest BCUT2D eigenvalue weighted by Gasteiger charge is 2.34. The van der Waals surface area contributed by atoms with Gasteiger partial charge in [-0.2, -0.15) is 0 Å². The number of likely N-dealkylation sites (tertiary alicyclic amines) is 1. The van der Waals surface area contributed by atoms with Crippen molar-refractivity contribution in [1.82, 2.24) is 4.90 Å². The summed E-state index contributed by atoms with van der Waals surface area (Å²) in [4.78, 5) is 45.1. The fourth-order valence-electron chi connectivity index (χ4n) is 5.16. The molecular weight excluding hydrogens is 412 g/mol. The molecule has 0 amide bonds. The molecule has 1 aromatic carbocycles. The van der Waals surface area contributed by atoms with E-state index in [-0.39, 0.29) is 23.9 Å². The third kappa shape index (κ3) is 5.40. The SMILES string of the molecule is CCCC(=O)C1CCCN(C2=CC3=C(C2)C(=O)C(CC(=O)Cc2cccc(CC)c2)C=N3)C1. The number of allylic oxidation sites excluding steroid dienone is 2. The number of carbonyl (C=O) groups excluding carboxylic acids is 3. The predicted octanol–water partition coefficient (Wildman–Crippen LogP) is 4.64. The first-order chi connectivity index (χ1) is 16.0. The van der Waals surface area contributed by atoms with Gasteiger partial charge in [0.15, 0.2) is 5.78 Å². The van der Waals surface area contributed by atoms with Crippen molar-refractivity contribution in [2.24, 2.45) is 16.8 Å². The van der Waals surface area contributed by atoms with Crippen LogP contribution in [-0.2, 0) is 27.2 Å². The Labute approximate surface area is 196 Å². The van der Waals surface area contributed by atoms with Crippen LogP contribution in [-0.4, -0.2) is 41.6 Å². The Kier molecular flexibility index (Phi) is 7.36. The normalized spacial score (nSPS) is 22.4. The summed E-state index contributed by atoms with van der Waals surface area (Å²) in [7, 11) is 0. The Balaban J connectivity index is 1.34. The van der Waals surface area contributed by atoms with Gasteiger partial charge in [-0.3, -0.25) is 19.4 Å². The summed E-state index contributed by atoms with van der Waals surface area (Å²) in [5, 5.41) is 0. The van der Waals surface area contributed by atoms with Crippen LogP contribution < -0.4 is 0 Å². The van der Waals surface area contributed by atoms with Crippen molar-refractivity contribution in [3.05, 3.63) is 58.4 Å². The average Bonchev–Trinajstić information content (AvgIpc) is 3.26. The Morgan fingerprint density at radius 3 is 2.79 bits per heavy atom. The molecule has 5 heteroatoms. The summed E-state index contributed by atoms with van der Waals surface area (Å²) in [6.45, 7) is 5.80. The molecule has 0 aromatic heterocycles. The standard InChI is InChI=1S/C28H34N2O3/c1-3-7-27(32)21-10-6-11-30(18-21)23-15-25-26(16-23)29-17-22(28(25)33)14-24(31)13-20-9-5-8-19(4-2)12-20/h5,8-9,12,16-17,21-22H,3-4,6-7,10-11,13-15,18H2,1-2H3. The Hall–Kier alpha value is -2.82. The van der Waals surface area contributed by atoms with E-state index in [9.17, 15) is 14.4 Å². The lowest BCUT2D eigenvalue weighted by molar-refractivity contribution is -0.124. The van der Waals surface area contributed by atoms with E-state index in [0.29, 0.717) is 25.0 Å². The van der Waals surface area contributed by atoms with Crippen LogP contribution in [0, 0.1) is 11.8 Å². The largest absolute Gasteiger partial charge is 0.374 e. The van der Waals surface area contributed by atoms with Crippen molar-refractivity contribution in [2.75, 3.05) is 13.1 Å². The maximum Gasteiger partial charge on any atom is 0.170 e. The number of piperidine rings is 1. The Morgan fingerprint density at radius 2 is 2.00 bits per heavy atom. The number of Topliss-reactive ketones (excluding diaryl/α,β-unsaturated/α-hetero) is 3. The maximum absolute atomic E-state index is 13.2. The molecule has 2 aliphatic heterocycles. The molecule has 0 spiro atoms. The molecule has 2 atom stereocenters. The minimum atomic E-state index is -0.474. The number of hydrogen-bond acceptors (Lipinski definition) is 5. The van der Waals surface area contributed by atoms with Gasteiger partial charge in [0.25, 0.3) is 0 Å². The van der Waals surface area contributed by atoms with E-state index in [1.165, 1.54) is 5.56 Å². The summed E-state index contributed by atoms with van der Waals surface area (Å²) in [6, 6.07) is 8.09. The van der Waals surface area contributed by atoms with Crippen molar-refractivity contribution < 1.29 is 14.4 Å². The molecule has 4 rings (SSSR count). The van der Waals surface area contributed by atoms with Gasteiger partial charge >= 0.3 is 0 Å². The number of aryl methyl sites for hydroxylation is 1. The quantitative estimate of drug-likeness (QED) is 0.554. The van der Waals surface area contributed by atoms with Crippen LogP contribution >= 0.6 is 0 Å². The highest BCUT2D eigenvalue weighted by molar-refractivity contribution is 6.11. The molecule has 3 aliphatic rings. The second kappa shape index (κ2) is 10.4. The minimum Gasteiger partial charge on any atom is -0.374 e. The van der Waals surface area contributed by atoms with Gasteiger partial charge in [0.2, 0.25) is 0 Å². The van der Waals surface area contributed by atoms with E-state index >= 15 is 0 Å². The number of rotatable bonds is 9. The first-order valence-electron chi connectivity index (χ1n) is 12.4. The van der Waals surface area contributed by atoms with E-state index < -0.39 is 5.92 Å². The molecule has 1 fully saturated rings. The summed E-state index contributed by atoms with van der Waals surface area (Å²) in [6.07, 6.45) is 9.19. The molecule has 1 saturated heterocycles.